The molecule has 0 bridgehead atoms. The van der Waals surface area contributed by atoms with Gasteiger partial charge in [0.25, 0.3) is 5.91 Å². The molecule has 1 aliphatic rings. The molecule has 2 atom stereocenters. The predicted octanol–water partition coefficient (Wildman–Crippen LogP) is 1.14. The summed E-state index contributed by atoms with van der Waals surface area (Å²) in [5.41, 5.74) is 1.02. The summed E-state index contributed by atoms with van der Waals surface area (Å²) in [7, 11) is 0. The number of aromatic nitrogens is 3. The first-order chi connectivity index (χ1) is 14.7. The lowest BCUT2D eigenvalue weighted by Crippen LogP contribution is -2.53. The molecular formula is C21H26FN7O2. The Morgan fingerprint density at radius 2 is 2.03 bits per heavy atom. The van der Waals surface area contributed by atoms with Crippen molar-refractivity contribution in [3.63, 3.8) is 0 Å². The molecule has 164 valence electrons. The van der Waals surface area contributed by atoms with Crippen LogP contribution >= 0.6 is 0 Å². The van der Waals surface area contributed by atoms with Crippen LogP contribution < -0.4 is 10.6 Å². The number of carbonyl (C=O) groups is 2. The van der Waals surface area contributed by atoms with E-state index in [0.717, 1.165) is 5.69 Å². The number of benzene rings is 1. The zero-order chi connectivity index (χ0) is 22.6. The third-order valence-corrected chi connectivity index (χ3v) is 5.24. The van der Waals surface area contributed by atoms with Gasteiger partial charge in [0.1, 0.15) is 12.2 Å². The Kier molecular flexibility index (Phi) is 6.65. The van der Waals surface area contributed by atoms with E-state index < -0.39 is 17.8 Å². The highest BCUT2D eigenvalue weighted by molar-refractivity contribution is 5.93. The Bertz CT molecular complexity index is 983. The topological polar surface area (TPSA) is 116 Å². The summed E-state index contributed by atoms with van der Waals surface area (Å²) in [6, 6.07) is 10.6. The molecule has 1 aromatic heterocycles. The molecule has 0 radical (unpaired) electrons. The maximum atomic E-state index is 13.5. The van der Waals surface area contributed by atoms with E-state index in [0.29, 0.717) is 5.69 Å². The third kappa shape index (κ3) is 5.24. The number of alkyl halides is 1. The van der Waals surface area contributed by atoms with Crippen molar-refractivity contribution in [2.24, 2.45) is 0 Å². The first-order valence-corrected chi connectivity index (χ1v) is 10.1. The molecule has 1 saturated heterocycles. The highest BCUT2D eigenvalue weighted by Gasteiger charge is 2.35. The quantitative estimate of drug-likeness (QED) is 0.685. The Balaban J connectivity index is 1.54. The fourth-order valence-corrected chi connectivity index (χ4v) is 3.40. The molecule has 2 heterocycles. The van der Waals surface area contributed by atoms with Gasteiger partial charge in [-0.05, 0) is 32.9 Å². The van der Waals surface area contributed by atoms with E-state index in [1.54, 1.807) is 11.6 Å². The molecule has 0 spiro atoms. The molecule has 0 aliphatic carbocycles. The number of nitrogens with one attached hydrogen (secondary N) is 2. The standard InChI is InChI=1S/C21H26FN7O2/c1-14-19(26-27-29(14)16-7-5-4-6-8-16)20(31)24-13-21(2,3)25-11-18(30)28-12-15(22)9-17(28)10-23/h4-8,15,17,25H,9,11-13H2,1-3H3,(H,24,31)/t15-,17-/m0/s1. The van der Waals surface area contributed by atoms with Gasteiger partial charge in [-0.25, -0.2) is 9.07 Å². The number of carbonyl (C=O) groups excluding carboxylic acids is 2. The number of nitrogens with zero attached hydrogens (tertiary/aromatic N) is 5. The third-order valence-electron chi connectivity index (χ3n) is 5.24. The van der Waals surface area contributed by atoms with E-state index in [1.165, 1.54) is 4.90 Å². The van der Waals surface area contributed by atoms with Crippen LogP contribution in [0.15, 0.2) is 30.3 Å². The normalized spacial score (nSPS) is 18.6. The molecule has 1 aliphatic heterocycles. The van der Waals surface area contributed by atoms with Crippen molar-refractivity contribution in [2.75, 3.05) is 19.6 Å². The van der Waals surface area contributed by atoms with Crippen LogP contribution in [0.25, 0.3) is 5.69 Å². The lowest BCUT2D eigenvalue weighted by atomic mass is 10.1. The second kappa shape index (κ2) is 9.22. The molecule has 2 aromatic rings. The summed E-state index contributed by atoms with van der Waals surface area (Å²) in [5.74, 6) is -0.710. The first kappa shape index (κ1) is 22.4. The summed E-state index contributed by atoms with van der Waals surface area (Å²) in [6.45, 7) is 5.53. The maximum absolute atomic E-state index is 13.5. The highest BCUT2D eigenvalue weighted by Crippen LogP contribution is 2.20. The molecule has 0 saturated carbocycles. The molecule has 2 N–H and O–H groups in total. The SMILES string of the molecule is Cc1c(C(=O)NCC(C)(C)NCC(=O)N2C[C@@H](F)C[C@H]2C#N)nnn1-c1ccccc1. The van der Waals surface area contributed by atoms with E-state index in [1.807, 2.05) is 50.2 Å². The average molecular weight is 427 g/mol. The van der Waals surface area contributed by atoms with Crippen molar-refractivity contribution in [3.05, 3.63) is 41.7 Å². The maximum Gasteiger partial charge on any atom is 0.273 e. The van der Waals surface area contributed by atoms with Crippen molar-refractivity contribution < 1.29 is 14.0 Å². The Morgan fingerprint density at radius 1 is 1.32 bits per heavy atom. The summed E-state index contributed by atoms with van der Waals surface area (Å²) < 4.78 is 15.1. The molecule has 1 aromatic carbocycles. The fraction of sp³-hybridized carbons (Fsp3) is 0.476. The molecule has 2 amide bonds. The minimum atomic E-state index is -1.17. The Morgan fingerprint density at radius 3 is 2.71 bits per heavy atom. The van der Waals surface area contributed by atoms with Gasteiger partial charge in [0.2, 0.25) is 5.91 Å². The number of halogens is 1. The average Bonchev–Trinajstić information content (AvgIpc) is 3.33. The van der Waals surface area contributed by atoms with E-state index >= 15 is 0 Å². The van der Waals surface area contributed by atoms with Gasteiger partial charge in [-0.15, -0.1) is 5.10 Å². The van der Waals surface area contributed by atoms with Crippen LogP contribution in [0.1, 0.15) is 36.5 Å². The Hall–Kier alpha value is -3.32. The van der Waals surface area contributed by atoms with E-state index in [4.69, 9.17) is 5.26 Å². The summed E-state index contributed by atoms with van der Waals surface area (Å²) in [5, 5.41) is 23.0. The zero-order valence-corrected chi connectivity index (χ0v) is 17.8. The van der Waals surface area contributed by atoms with Crippen molar-refractivity contribution in [2.45, 2.75) is 44.9 Å². The molecule has 3 rings (SSSR count). The summed E-state index contributed by atoms with van der Waals surface area (Å²) >= 11 is 0. The molecule has 10 heteroatoms. The summed E-state index contributed by atoms with van der Waals surface area (Å²) in [6.07, 6.45) is -1.13. The number of amides is 2. The first-order valence-electron chi connectivity index (χ1n) is 10.1. The van der Waals surface area contributed by atoms with Gasteiger partial charge in [-0.2, -0.15) is 5.26 Å². The highest BCUT2D eigenvalue weighted by atomic mass is 19.1. The van der Waals surface area contributed by atoms with Gasteiger partial charge >= 0.3 is 0 Å². The van der Waals surface area contributed by atoms with Crippen molar-refractivity contribution in [3.8, 4) is 11.8 Å². The molecular weight excluding hydrogens is 401 g/mol. The van der Waals surface area contributed by atoms with Gasteiger partial charge in [0.15, 0.2) is 5.69 Å². The number of likely N-dealkylation sites (tertiary alicyclic amines) is 1. The van der Waals surface area contributed by atoms with Crippen LogP contribution in [-0.2, 0) is 4.79 Å². The Labute approximate surface area is 180 Å². The van der Waals surface area contributed by atoms with Crippen LogP contribution in [0.4, 0.5) is 4.39 Å². The van der Waals surface area contributed by atoms with E-state index in [2.05, 4.69) is 20.9 Å². The minimum Gasteiger partial charge on any atom is -0.349 e. The molecule has 1 fully saturated rings. The number of hydrogen-bond acceptors (Lipinski definition) is 6. The van der Waals surface area contributed by atoms with Crippen LogP contribution in [0.2, 0.25) is 0 Å². The smallest absolute Gasteiger partial charge is 0.273 e. The monoisotopic (exact) mass is 427 g/mol. The van der Waals surface area contributed by atoms with Crippen molar-refractivity contribution >= 4 is 11.8 Å². The molecule has 31 heavy (non-hydrogen) atoms. The lowest BCUT2D eigenvalue weighted by Gasteiger charge is -2.28. The van der Waals surface area contributed by atoms with Gasteiger partial charge in [0, 0.05) is 18.5 Å². The van der Waals surface area contributed by atoms with Crippen LogP contribution in [0, 0.1) is 18.3 Å². The van der Waals surface area contributed by atoms with Crippen molar-refractivity contribution in [1.82, 2.24) is 30.5 Å². The van der Waals surface area contributed by atoms with Crippen LogP contribution in [-0.4, -0.2) is 69.1 Å². The minimum absolute atomic E-state index is 0.0463. The number of nitriles is 1. The summed E-state index contributed by atoms with van der Waals surface area (Å²) in [4.78, 5) is 26.3. The van der Waals surface area contributed by atoms with E-state index in [9.17, 15) is 14.0 Å². The van der Waals surface area contributed by atoms with Gasteiger partial charge in [-0.1, -0.05) is 23.4 Å². The second-order valence-corrected chi connectivity index (χ2v) is 8.21. The number of rotatable bonds is 7. The molecule has 0 unspecified atom stereocenters. The second-order valence-electron chi connectivity index (χ2n) is 8.21. The van der Waals surface area contributed by atoms with Crippen LogP contribution in [0.3, 0.4) is 0 Å². The molecule has 9 nitrogen and oxygen atoms in total. The number of para-hydroxylation sites is 1. The van der Waals surface area contributed by atoms with Gasteiger partial charge < -0.3 is 15.5 Å². The lowest BCUT2D eigenvalue weighted by molar-refractivity contribution is -0.130. The van der Waals surface area contributed by atoms with Gasteiger partial charge in [-0.3, -0.25) is 9.59 Å². The largest absolute Gasteiger partial charge is 0.349 e. The predicted molar refractivity (Wildman–Crippen MR) is 111 cm³/mol. The van der Waals surface area contributed by atoms with Crippen LogP contribution in [0.5, 0.6) is 0 Å². The van der Waals surface area contributed by atoms with Gasteiger partial charge in [0.05, 0.1) is 30.5 Å². The number of hydrogen-bond donors (Lipinski definition) is 2. The van der Waals surface area contributed by atoms with Crippen molar-refractivity contribution in [1.29, 1.82) is 5.26 Å². The zero-order valence-electron chi connectivity index (χ0n) is 17.8. The van der Waals surface area contributed by atoms with E-state index in [-0.39, 0.29) is 43.6 Å². The fourth-order valence-electron chi connectivity index (χ4n) is 3.40.